The monoisotopic (exact) mass is 484 g/mol. The lowest BCUT2D eigenvalue weighted by atomic mass is 10.0. The number of hydrogen-bond acceptors (Lipinski definition) is 3. The quantitative estimate of drug-likeness (QED) is 0.109. The minimum atomic E-state index is -4.03. The summed E-state index contributed by atoms with van der Waals surface area (Å²) in [6.45, 7) is 2.68. The standard InChI is InChI=1S/C27H50NO4P/c1-5-6-7-8-9-10-11-12-13-14-15-16-17-21-24-31-33(29,30)32-25-27(28(2,3)4)26-22-19-18-20-23-26/h18-20,22-23,27H,5-17,21,24-25H2,1-4H3/p+1/t27-/m1/s1. The van der Waals surface area contributed by atoms with Gasteiger partial charge >= 0.3 is 7.82 Å². The van der Waals surface area contributed by atoms with E-state index in [2.05, 4.69) is 28.1 Å². The molecule has 0 saturated heterocycles. The van der Waals surface area contributed by atoms with Gasteiger partial charge in [-0.1, -0.05) is 121 Å². The number of nitrogens with zero attached hydrogens (tertiary/aromatic N) is 1. The third-order valence-corrected chi connectivity index (χ3v) is 7.25. The first kappa shape index (κ1) is 30.3. The summed E-state index contributed by atoms with van der Waals surface area (Å²) in [4.78, 5) is 10.1. The second kappa shape index (κ2) is 17.7. The van der Waals surface area contributed by atoms with E-state index in [1.807, 2.05) is 30.3 Å². The van der Waals surface area contributed by atoms with Gasteiger partial charge in [0, 0.05) is 5.56 Å². The van der Waals surface area contributed by atoms with Crippen molar-refractivity contribution < 1.29 is 23.0 Å². The highest BCUT2D eigenvalue weighted by atomic mass is 31.2. The summed E-state index contributed by atoms with van der Waals surface area (Å²) < 4.78 is 23.5. The molecule has 0 spiro atoms. The molecule has 0 aromatic heterocycles. The van der Waals surface area contributed by atoms with Crippen LogP contribution in [0, 0.1) is 0 Å². The van der Waals surface area contributed by atoms with Crippen molar-refractivity contribution in [3.8, 4) is 0 Å². The SMILES string of the molecule is CCCCCCCCCCCCCCCCOP(=O)(O)OC[C@H](c1ccccc1)[N+](C)(C)C. The van der Waals surface area contributed by atoms with Gasteiger partial charge in [0.05, 0.1) is 27.7 Å². The fourth-order valence-corrected chi connectivity index (χ4v) is 4.88. The zero-order valence-electron chi connectivity index (χ0n) is 21.8. The largest absolute Gasteiger partial charge is 0.472 e. The molecule has 1 rings (SSSR count). The Morgan fingerprint density at radius 2 is 1.21 bits per heavy atom. The van der Waals surface area contributed by atoms with Crippen LogP contribution in [0.2, 0.25) is 0 Å². The minimum absolute atomic E-state index is 0.0451. The smallest absolute Gasteiger partial charge is 0.323 e. The van der Waals surface area contributed by atoms with E-state index >= 15 is 0 Å². The lowest BCUT2D eigenvalue weighted by Gasteiger charge is -2.34. The molecule has 0 saturated carbocycles. The number of benzene rings is 1. The first-order chi connectivity index (χ1) is 15.8. The van der Waals surface area contributed by atoms with Gasteiger partial charge in [0.25, 0.3) is 0 Å². The summed E-state index contributed by atoms with van der Waals surface area (Å²) in [5.74, 6) is 0. The Morgan fingerprint density at radius 3 is 1.67 bits per heavy atom. The number of rotatable bonds is 21. The van der Waals surface area contributed by atoms with Crippen molar-refractivity contribution in [3.63, 3.8) is 0 Å². The number of likely N-dealkylation sites (N-methyl/N-ethyl adjacent to an activating group) is 1. The van der Waals surface area contributed by atoms with Gasteiger partial charge in [-0.15, -0.1) is 0 Å². The van der Waals surface area contributed by atoms with Crippen LogP contribution in [-0.4, -0.2) is 43.7 Å². The highest BCUT2D eigenvalue weighted by Gasteiger charge is 2.30. The molecule has 0 aliphatic carbocycles. The molecular formula is C27H51NO4P+. The maximum atomic E-state index is 12.3. The van der Waals surface area contributed by atoms with Crippen LogP contribution in [0.4, 0.5) is 0 Å². The van der Waals surface area contributed by atoms with Crippen LogP contribution in [0.1, 0.15) is 108 Å². The van der Waals surface area contributed by atoms with Gasteiger partial charge in [-0.2, -0.15) is 0 Å². The fourth-order valence-electron chi connectivity index (χ4n) is 4.12. The van der Waals surface area contributed by atoms with E-state index in [9.17, 15) is 9.46 Å². The summed E-state index contributed by atoms with van der Waals surface area (Å²) in [5, 5.41) is 0. The van der Waals surface area contributed by atoms with Crippen molar-refractivity contribution in [2.75, 3.05) is 34.4 Å². The van der Waals surface area contributed by atoms with Crippen LogP contribution < -0.4 is 0 Å². The average molecular weight is 485 g/mol. The second-order valence-corrected chi connectivity index (χ2v) is 11.7. The number of phosphoric ester groups is 1. The summed E-state index contributed by atoms with van der Waals surface area (Å²) >= 11 is 0. The number of quaternary nitrogens is 1. The van der Waals surface area contributed by atoms with Crippen molar-refractivity contribution in [2.45, 2.75) is 103 Å². The van der Waals surface area contributed by atoms with Crippen molar-refractivity contribution in [2.24, 2.45) is 0 Å². The summed E-state index contributed by atoms with van der Waals surface area (Å²) in [6, 6.07) is 9.92. The minimum Gasteiger partial charge on any atom is -0.323 e. The van der Waals surface area contributed by atoms with Gasteiger partial charge in [-0.25, -0.2) is 4.57 Å². The third-order valence-electron chi connectivity index (χ3n) is 6.27. The maximum absolute atomic E-state index is 12.3. The molecule has 1 aromatic carbocycles. The molecule has 0 radical (unpaired) electrons. The molecule has 0 heterocycles. The second-order valence-electron chi connectivity index (χ2n) is 10.2. The predicted octanol–water partition coefficient (Wildman–Crippen LogP) is 8.05. The Hall–Kier alpha value is -0.710. The van der Waals surface area contributed by atoms with E-state index in [-0.39, 0.29) is 19.3 Å². The van der Waals surface area contributed by atoms with Gasteiger partial charge in [-0.05, 0) is 6.42 Å². The van der Waals surface area contributed by atoms with Crippen LogP contribution in [0.15, 0.2) is 30.3 Å². The van der Waals surface area contributed by atoms with Crippen molar-refractivity contribution in [3.05, 3.63) is 35.9 Å². The van der Waals surface area contributed by atoms with Gasteiger partial charge in [0.1, 0.15) is 12.6 Å². The van der Waals surface area contributed by atoms with Crippen molar-refractivity contribution in [1.29, 1.82) is 0 Å². The van der Waals surface area contributed by atoms with Crippen molar-refractivity contribution >= 4 is 7.82 Å². The molecule has 6 heteroatoms. The lowest BCUT2D eigenvalue weighted by Crippen LogP contribution is -2.41. The summed E-state index contributed by atoms with van der Waals surface area (Å²) in [6.07, 6.45) is 17.9. The molecule has 0 amide bonds. The normalized spacial score (nSPS) is 14.8. The first-order valence-electron chi connectivity index (χ1n) is 13.2. The first-order valence-corrected chi connectivity index (χ1v) is 14.7. The number of phosphoric acid groups is 1. The lowest BCUT2D eigenvalue weighted by molar-refractivity contribution is -0.902. The van der Waals surface area contributed by atoms with E-state index in [1.54, 1.807) is 0 Å². The highest BCUT2D eigenvalue weighted by Crippen LogP contribution is 2.45. The molecule has 0 bridgehead atoms. The van der Waals surface area contributed by atoms with Crippen molar-refractivity contribution in [1.82, 2.24) is 0 Å². The average Bonchev–Trinajstić information content (AvgIpc) is 2.76. The molecule has 2 atom stereocenters. The van der Waals surface area contributed by atoms with Crippen LogP contribution in [0.25, 0.3) is 0 Å². The van der Waals surface area contributed by atoms with Gasteiger partial charge in [0.15, 0.2) is 0 Å². The summed E-state index contributed by atoms with van der Waals surface area (Å²) in [7, 11) is 2.13. The van der Waals surface area contributed by atoms with E-state index in [0.717, 1.165) is 24.8 Å². The highest BCUT2D eigenvalue weighted by molar-refractivity contribution is 7.47. The Bertz CT molecular complexity index is 633. The Kier molecular flexibility index (Phi) is 16.2. The van der Waals surface area contributed by atoms with Crippen LogP contribution in [0.3, 0.4) is 0 Å². The Balaban J connectivity index is 2.07. The number of hydrogen-bond donors (Lipinski definition) is 1. The zero-order valence-corrected chi connectivity index (χ0v) is 22.7. The molecule has 0 fully saturated rings. The predicted molar refractivity (Wildman–Crippen MR) is 139 cm³/mol. The molecule has 1 aromatic rings. The molecular weight excluding hydrogens is 433 g/mol. The van der Waals surface area contributed by atoms with Crippen LogP contribution >= 0.6 is 7.82 Å². The Morgan fingerprint density at radius 1 is 0.758 bits per heavy atom. The van der Waals surface area contributed by atoms with Crippen LogP contribution in [0.5, 0.6) is 0 Å². The molecule has 33 heavy (non-hydrogen) atoms. The van der Waals surface area contributed by atoms with Gasteiger partial charge in [0.2, 0.25) is 0 Å². The van der Waals surface area contributed by atoms with E-state index < -0.39 is 7.82 Å². The van der Waals surface area contributed by atoms with E-state index in [1.165, 1.54) is 70.6 Å². The van der Waals surface area contributed by atoms with E-state index in [0.29, 0.717) is 4.48 Å². The molecule has 0 aliphatic heterocycles. The topological polar surface area (TPSA) is 55.8 Å². The van der Waals surface area contributed by atoms with E-state index in [4.69, 9.17) is 9.05 Å². The molecule has 1 unspecified atom stereocenters. The van der Waals surface area contributed by atoms with Gasteiger partial charge < -0.3 is 9.38 Å². The Labute approximate surface area is 204 Å². The zero-order chi connectivity index (χ0) is 24.4. The third kappa shape index (κ3) is 15.7. The maximum Gasteiger partial charge on any atom is 0.472 e. The fraction of sp³-hybridized carbons (Fsp3) is 0.778. The number of unbranched alkanes of at least 4 members (excludes halogenated alkanes) is 13. The molecule has 0 aliphatic rings. The summed E-state index contributed by atoms with van der Waals surface area (Å²) in [5.41, 5.74) is 1.08. The molecule has 5 nitrogen and oxygen atoms in total. The molecule has 192 valence electrons. The van der Waals surface area contributed by atoms with Crippen LogP contribution in [-0.2, 0) is 13.6 Å². The van der Waals surface area contributed by atoms with Gasteiger partial charge in [-0.3, -0.25) is 9.05 Å². The molecule has 1 N–H and O–H groups in total.